The summed E-state index contributed by atoms with van der Waals surface area (Å²) in [4.78, 5) is 13.0. The van der Waals surface area contributed by atoms with Gasteiger partial charge in [-0.15, -0.1) is 0 Å². The Hall–Kier alpha value is -4.06. The highest BCUT2D eigenvalue weighted by Crippen LogP contribution is 2.37. The van der Waals surface area contributed by atoms with Crippen LogP contribution in [0.1, 0.15) is 32.8 Å². The molecule has 0 saturated heterocycles. The first-order valence-electron chi connectivity index (χ1n) is 10.6. The number of alkyl halides is 3. The number of nitriles is 1. The standard InChI is InChI=1S/C27H15Cl2F3N2O3/c1-15-23(25(34-37-15)24-21(28)3-2-4-22(24)29)26(35)36-20-11-7-17(8-12-20)18(14-33)13-16-5-9-19(10-6-16)27(30,31)32/h2-13H,1H3/b18-13+. The van der Waals surface area contributed by atoms with Crippen molar-refractivity contribution in [3.8, 4) is 23.1 Å². The summed E-state index contributed by atoms with van der Waals surface area (Å²) in [7, 11) is 0. The summed E-state index contributed by atoms with van der Waals surface area (Å²) in [5.74, 6) is -0.366. The van der Waals surface area contributed by atoms with E-state index in [-0.39, 0.29) is 38.4 Å². The summed E-state index contributed by atoms with van der Waals surface area (Å²) in [6, 6.07) is 17.4. The van der Waals surface area contributed by atoms with E-state index in [2.05, 4.69) is 5.16 Å². The number of allylic oxidation sites excluding steroid dienone is 1. The lowest BCUT2D eigenvalue weighted by molar-refractivity contribution is -0.137. The second-order valence-electron chi connectivity index (χ2n) is 7.76. The Morgan fingerprint density at radius 1 is 1.03 bits per heavy atom. The van der Waals surface area contributed by atoms with Crippen molar-refractivity contribution in [2.24, 2.45) is 0 Å². The van der Waals surface area contributed by atoms with E-state index in [1.54, 1.807) is 37.3 Å². The van der Waals surface area contributed by atoms with Gasteiger partial charge >= 0.3 is 12.1 Å². The van der Waals surface area contributed by atoms with Crippen LogP contribution >= 0.6 is 23.2 Å². The normalized spacial score (nSPS) is 11.8. The second-order valence-corrected chi connectivity index (χ2v) is 8.58. The number of esters is 1. The Morgan fingerprint density at radius 3 is 2.22 bits per heavy atom. The van der Waals surface area contributed by atoms with E-state index in [1.165, 1.54) is 30.3 Å². The van der Waals surface area contributed by atoms with E-state index in [0.29, 0.717) is 16.7 Å². The molecule has 0 amide bonds. The van der Waals surface area contributed by atoms with Gasteiger partial charge in [0.2, 0.25) is 0 Å². The summed E-state index contributed by atoms with van der Waals surface area (Å²) in [6.07, 6.45) is -2.99. The number of aromatic nitrogens is 1. The van der Waals surface area contributed by atoms with E-state index in [0.717, 1.165) is 12.1 Å². The molecule has 0 aliphatic heterocycles. The van der Waals surface area contributed by atoms with E-state index in [4.69, 9.17) is 32.5 Å². The number of nitrogens with zero attached hydrogens (tertiary/aromatic N) is 2. The Kier molecular flexibility index (Phi) is 7.39. The van der Waals surface area contributed by atoms with Gasteiger partial charge in [-0.25, -0.2) is 4.79 Å². The zero-order chi connectivity index (χ0) is 26.7. The summed E-state index contributed by atoms with van der Waals surface area (Å²) in [6.45, 7) is 1.55. The molecule has 0 saturated carbocycles. The lowest BCUT2D eigenvalue weighted by Gasteiger charge is -2.08. The summed E-state index contributed by atoms with van der Waals surface area (Å²) >= 11 is 12.5. The number of hydrogen-bond acceptors (Lipinski definition) is 5. The van der Waals surface area contributed by atoms with Gasteiger partial charge in [0.05, 0.1) is 27.3 Å². The van der Waals surface area contributed by atoms with Gasteiger partial charge in [0.1, 0.15) is 22.8 Å². The zero-order valence-corrected chi connectivity index (χ0v) is 20.4. The number of carbonyl (C=O) groups is 1. The molecule has 0 N–H and O–H groups in total. The van der Waals surface area contributed by atoms with Crippen LogP contribution in [0.25, 0.3) is 22.9 Å². The number of benzene rings is 3. The SMILES string of the molecule is Cc1onc(-c2c(Cl)cccc2Cl)c1C(=O)Oc1ccc(/C(C#N)=C/c2ccc(C(F)(F)F)cc2)cc1. The van der Waals surface area contributed by atoms with Crippen LogP contribution in [-0.4, -0.2) is 11.1 Å². The fourth-order valence-corrected chi connectivity index (χ4v) is 4.06. The Balaban J connectivity index is 1.56. The van der Waals surface area contributed by atoms with Gasteiger partial charge in [0.15, 0.2) is 0 Å². The lowest BCUT2D eigenvalue weighted by atomic mass is 10.0. The number of hydrogen-bond donors (Lipinski definition) is 0. The maximum atomic E-state index is 13.0. The molecule has 1 aromatic heterocycles. The van der Waals surface area contributed by atoms with Crippen LogP contribution in [-0.2, 0) is 6.18 Å². The van der Waals surface area contributed by atoms with Crippen LogP contribution in [0.4, 0.5) is 13.2 Å². The number of ether oxygens (including phenoxy) is 1. The van der Waals surface area contributed by atoms with Crippen molar-refractivity contribution in [3.63, 3.8) is 0 Å². The van der Waals surface area contributed by atoms with Crippen molar-refractivity contribution in [2.75, 3.05) is 0 Å². The summed E-state index contributed by atoms with van der Waals surface area (Å²) in [5, 5.41) is 14.0. The molecule has 0 bridgehead atoms. The first kappa shape index (κ1) is 26.0. The highest BCUT2D eigenvalue weighted by atomic mass is 35.5. The minimum Gasteiger partial charge on any atom is -0.423 e. The van der Waals surface area contributed by atoms with Crippen LogP contribution in [0.2, 0.25) is 10.0 Å². The third kappa shape index (κ3) is 5.69. The smallest absolute Gasteiger partial charge is 0.416 e. The molecule has 0 unspecified atom stereocenters. The number of rotatable bonds is 5. The average Bonchev–Trinajstić information content (AvgIpc) is 3.23. The van der Waals surface area contributed by atoms with E-state index in [1.807, 2.05) is 6.07 Å². The third-order valence-electron chi connectivity index (χ3n) is 5.31. The molecule has 1 heterocycles. The van der Waals surface area contributed by atoms with Gasteiger partial charge in [-0.2, -0.15) is 18.4 Å². The highest BCUT2D eigenvalue weighted by Gasteiger charge is 2.30. The monoisotopic (exact) mass is 542 g/mol. The molecule has 4 rings (SSSR count). The molecule has 0 aliphatic rings. The van der Waals surface area contributed by atoms with Crippen molar-refractivity contribution in [1.82, 2.24) is 5.16 Å². The Morgan fingerprint density at radius 2 is 1.65 bits per heavy atom. The van der Waals surface area contributed by atoms with Gasteiger partial charge in [-0.3, -0.25) is 0 Å². The van der Waals surface area contributed by atoms with Crippen LogP contribution in [0.5, 0.6) is 5.75 Å². The fourth-order valence-electron chi connectivity index (χ4n) is 3.48. The van der Waals surface area contributed by atoms with Gasteiger partial charge in [-0.05, 0) is 72.7 Å². The minimum atomic E-state index is -4.45. The Labute approximate surface area is 219 Å². The topological polar surface area (TPSA) is 76.1 Å². The molecule has 37 heavy (non-hydrogen) atoms. The van der Waals surface area contributed by atoms with E-state index >= 15 is 0 Å². The van der Waals surface area contributed by atoms with Crippen LogP contribution < -0.4 is 4.74 Å². The average molecular weight is 543 g/mol. The molecular formula is C27H15Cl2F3N2O3. The molecule has 0 aliphatic carbocycles. The van der Waals surface area contributed by atoms with Crippen molar-refractivity contribution in [1.29, 1.82) is 5.26 Å². The number of aryl methyl sites for hydroxylation is 1. The summed E-state index contributed by atoms with van der Waals surface area (Å²) in [5.41, 5.74) is 0.859. The van der Waals surface area contributed by atoms with Gasteiger partial charge in [0, 0.05) is 5.56 Å². The maximum Gasteiger partial charge on any atom is 0.416 e. The predicted octanol–water partition coefficient (Wildman–Crippen LogP) is 8.26. The van der Waals surface area contributed by atoms with Crippen LogP contribution in [0.3, 0.4) is 0 Å². The first-order valence-corrected chi connectivity index (χ1v) is 11.4. The molecule has 3 aromatic carbocycles. The van der Waals surface area contributed by atoms with E-state index in [9.17, 15) is 23.2 Å². The molecular weight excluding hydrogens is 528 g/mol. The molecule has 0 atom stereocenters. The minimum absolute atomic E-state index is 0.0546. The van der Waals surface area contributed by atoms with Gasteiger partial charge in [-0.1, -0.05) is 46.6 Å². The zero-order valence-electron chi connectivity index (χ0n) is 18.9. The fraction of sp³-hybridized carbons (Fsp3) is 0.0741. The quantitative estimate of drug-likeness (QED) is 0.110. The largest absolute Gasteiger partial charge is 0.423 e. The van der Waals surface area contributed by atoms with Crippen molar-refractivity contribution in [2.45, 2.75) is 13.1 Å². The van der Waals surface area contributed by atoms with E-state index < -0.39 is 17.7 Å². The highest BCUT2D eigenvalue weighted by molar-refractivity contribution is 6.39. The molecule has 0 fully saturated rings. The molecule has 186 valence electrons. The van der Waals surface area contributed by atoms with Crippen molar-refractivity contribution >= 4 is 40.8 Å². The predicted molar refractivity (Wildman–Crippen MR) is 133 cm³/mol. The van der Waals surface area contributed by atoms with Crippen molar-refractivity contribution < 1.29 is 27.2 Å². The Bertz CT molecular complexity index is 1520. The lowest BCUT2D eigenvalue weighted by Crippen LogP contribution is -2.10. The summed E-state index contributed by atoms with van der Waals surface area (Å²) < 4.78 is 49.0. The molecule has 4 aromatic rings. The number of halogens is 5. The molecule has 0 spiro atoms. The van der Waals surface area contributed by atoms with Crippen molar-refractivity contribution in [3.05, 3.63) is 105 Å². The third-order valence-corrected chi connectivity index (χ3v) is 5.94. The van der Waals surface area contributed by atoms with Gasteiger partial charge in [0.25, 0.3) is 0 Å². The van der Waals surface area contributed by atoms with Crippen LogP contribution in [0, 0.1) is 18.3 Å². The second kappa shape index (κ2) is 10.5. The molecule has 5 nitrogen and oxygen atoms in total. The number of carbonyl (C=O) groups excluding carboxylic acids is 1. The first-order chi connectivity index (χ1) is 17.6. The molecule has 10 heteroatoms. The molecule has 0 radical (unpaired) electrons. The maximum absolute atomic E-state index is 13.0. The van der Waals surface area contributed by atoms with Crippen LogP contribution in [0.15, 0.2) is 71.3 Å². The van der Waals surface area contributed by atoms with Gasteiger partial charge < -0.3 is 9.26 Å².